The van der Waals surface area contributed by atoms with Crippen molar-refractivity contribution >= 4 is 17.5 Å². The van der Waals surface area contributed by atoms with E-state index in [1.54, 1.807) is 12.1 Å². The first-order valence-electron chi connectivity index (χ1n) is 9.94. The summed E-state index contributed by atoms with van der Waals surface area (Å²) in [5.41, 5.74) is 2.09. The summed E-state index contributed by atoms with van der Waals surface area (Å²) in [4.78, 5) is 25.6. The molecule has 1 aliphatic rings. The molecule has 2 amide bonds. The van der Waals surface area contributed by atoms with Crippen molar-refractivity contribution in [1.82, 2.24) is 5.32 Å². The van der Waals surface area contributed by atoms with Crippen molar-refractivity contribution in [1.29, 1.82) is 0 Å². The fraction of sp³-hybridized carbons (Fsp3) is 0.391. The van der Waals surface area contributed by atoms with E-state index in [-0.39, 0.29) is 23.8 Å². The van der Waals surface area contributed by atoms with E-state index in [0.717, 1.165) is 18.4 Å². The second kappa shape index (κ2) is 9.36. The van der Waals surface area contributed by atoms with Gasteiger partial charge in [-0.2, -0.15) is 0 Å². The first-order valence-corrected chi connectivity index (χ1v) is 9.94. The second-order valence-electron chi connectivity index (χ2n) is 7.21. The Balaban J connectivity index is 1.73. The van der Waals surface area contributed by atoms with Crippen LogP contribution in [0.25, 0.3) is 0 Å². The molecule has 0 spiro atoms. The molecule has 3 rings (SSSR count). The Morgan fingerprint density at radius 1 is 0.963 bits per heavy atom. The lowest BCUT2D eigenvalue weighted by Gasteiger charge is -2.23. The van der Waals surface area contributed by atoms with E-state index in [2.05, 4.69) is 10.6 Å². The minimum atomic E-state index is -0.235. The molecule has 0 heterocycles. The van der Waals surface area contributed by atoms with E-state index in [9.17, 15) is 9.59 Å². The molecule has 0 radical (unpaired) electrons. The molecule has 142 valence electrons. The zero-order valence-corrected chi connectivity index (χ0v) is 15.9. The van der Waals surface area contributed by atoms with Gasteiger partial charge in [-0.1, -0.05) is 68.7 Å². The van der Waals surface area contributed by atoms with Crippen LogP contribution in [0, 0.1) is 0 Å². The van der Waals surface area contributed by atoms with Crippen LogP contribution in [0.15, 0.2) is 54.6 Å². The summed E-state index contributed by atoms with van der Waals surface area (Å²) in [6.45, 7) is 2.00. The molecule has 0 aromatic heterocycles. The minimum absolute atomic E-state index is 0.0818. The minimum Gasteiger partial charge on any atom is -0.349 e. The topological polar surface area (TPSA) is 58.2 Å². The van der Waals surface area contributed by atoms with Crippen LogP contribution in [0.5, 0.6) is 0 Å². The van der Waals surface area contributed by atoms with Crippen LogP contribution < -0.4 is 10.6 Å². The standard InChI is InChI=1S/C23H28N2O2/c1-2-19(17-11-5-3-6-12-17)22(26)25-21-16-10-9-15-20(21)23(27)24-18-13-7-4-8-14-18/h3,5-6,9-12,15-16,18-19H,2,4,7-8,13-14H2,1H3,(H,24,27)(H,25,26)/t19-/m1/s1. The van der Waals surface area contributed by atoms with Crippen molar-refractivity contribution in [3.63, 3.8) is 0 Å². The van der Waals surface area contributed by atoms with Gasteiger partial charge in [0.05, 0.1) is 17.2 Å². The van der Waals surface area contributed by atoms with Crippen LogP contribution >= 0.6 is 0 Å². The van der Waals surface area contributed by atoms with Crippen molar-refractivity contribution in [2.75, 3.05) is 5.32 Å². The van der Waals surface area contributed by atoms with Gasteiger partial charge in [0.2, 0.25) is 5.91 Å². The summed E-state index contributed by atoms with van der Waals surface area (Å²) in [7, 11) is 0. The highest BCUT2D eigenvalue weighted by Gasteiger charge is 2.22. The fourth-order valence-electron chi connectivity index (χ4n) is 3.78. The highest BCUT2D eigenvalue weighted by molar-refractivity contribution is 6.05. The van der Waals surface area contributed by atoms with Gasteiger partial charge in [0, 0.05) is 6.04 Å². The summed E-state index contributed by atoms with van der Waals surface area (Å²) >= 11 is 0. The molecular formula is C23H28N2O2. The molecular weight excluding hydrogens is 336 g/mol. The number of rotatable bonds is 6. The van der Waals surface area contributed by atoms with Crippen molar-refractivity contribution in [2.24, 2.45) is 0 Å². The third-order valence-corrected chi connectivity index (χ3v) is 5.30. The number of para-hydroxylation sites is 1. The smallest absolute Gasteiger partial charge is 0.253 e. The van der Waals surface area contributed by atoms with Crippen LogP contribution in [-0.4, -0.2) is 17.9 Å². The summed E-state index contributed by atoms with van der Waals surface area (Å²) in [6.07, 6.45) is 6.35. The summed E-state index contributed by atoms with van der Waals surface area (Å²) in [6, 6.07) is 17.2. The maximum absolute atomic E-state index is 12.9. The second-order valence-corrected chi connectivity index (χ2v) is 7.21. The van der Waals surface area contributed by atoms with E-state index in [1.165, 1.54) is 19.3 Å². The Bertz CT molecular complexity index is 767. The largest absolute Gasteiger partial charge is 0.349 e. The van der Waals surface area contributed by atoms with E-state index >= 15 is 0 Å². The van der Waals surface area contributed by atoms with Crippen molar-refractivity contribution in [2.45, 2.75) is 57.4 Å². The Labute approximate surface area is 161 Å². The maximum Gasteiger partial charge on any atom is 0.253 e. The van der Waals surface area contributed by atoms with Gasteiger partial charge in [-0.25, -0.2) is 0 Å². The van der Waals surface area contributed by atoms with Gasteiger partial charge in [0.15, 0.2) is 0 Å². The molecule has 27 heavy (non-hydrogen) atoms. The molecule has 0 bridgehead atoms. The average molecular weight is 364 g/mol. The molecule has 1 fully saturated rings. The Morgan fingerprint density at radius 2 is 1.63 bits per heavy atom. The predicted octanol–water partition coefficient (Wildman–Crippen LogP) is 4.88. The van der Waals surface area contributed by atoms with Crippen molar-refractivity contribution in [3.05, 3.63) is 65.7 Å². The molecule has 1 saturated carbocycles. The van der Waals surface area contributed by atoms with Crippen LogP contribution in [-0.2, 0) is 4.79 Å². The number of carbonyl (C=O) groups excluding carboxylic acids is 2. The zero-order chi connectivity index (χ0) is 19.1. The van der Waals surface area contributed by atoms with Gasteiger partial charge in [-0.05, 0) is 37.0 Å². The molecule has 0 saturated heterocycles. The number of hydrogen-bond donors (Lipinski definition) is 2. The summed E-state index contributed by atoms with van der Waals surface area (Å²) < 4.78 is 0. The van der Waals surface area contributed by atoms with Crippen LogP contribution in [0.4, 0.5) is 5.69 Å². The zero-order valence-electron chi connectivity index (χ0n) is 15.9. The number of anilines is 1. The van der Waals surface area contributed by atoms with Gasteiger partial charge < -0.3 is 10.6 Å². The van der Waals surface area contributed by atoms with E-state index in [1.807, 2.05) is 49.4 Å². The number of benzene rings is 2. The summed E-state index contributed by atoms with van der Waals surface area (Å²) in [5.74, 6) is -0.423. The van der Waals surface area contributed by atoms with Gasteiger partial charge in [-0.3, -0.25) is 9.59 Å². The fourth-order valence-corrected chi connectivity index (χ4v) is 3.78. The highest BCUT2D eigenvalue weighted by atomic mass is 16.2. The molecule has 4 nitrogen and oxygen atoms in total. The lowest BCUT2D eigenvalue weighted by atomic mass is 9.95. The van der Waals surface area contributed by atoms with Gasteiger partial charge in [0.25, 0.3) is 5.91 Å². The third-order valence-electron chi connectivity index (χ3n) is 5.30. The molecule has 4 heteroatoms. The first-order chi connectivity index (χ1) is 13.2. The monoisotopic (exact) mass is 364 g/mol. The number of hydrogen-bond acceptors (Lipinski definition) is 2. The molecule has 1 aliphatic carbocycles. The van der Waals surface area contributed by atoms with Crippen LogP contribution in [0.2, 0.25) is 0 Å². The molecule has 1 atom stereocenters. The molecule has 2 aromatic rings. The SMILES string of the molecule is CC[C@@H](C(=O)Nc1ccccc1C(=O)NC1CCCCC1)c1ccccc1. The van der Waals surface area contributed by atoms with Gasteiger partial charge in [0.1, 0.15) is 0 Å². The van der Waals surface area contributed by atoms with Gasteiger partial charge >= 0.3 is 0 Å². The number of carbonyl (C=O) groups is 2. The third kappa shape index (κ3) is 4.97. The van der Waals surface area contributed by atoms with Crippen molar-refractivity contribution in [3.8, 4) is 0 Å². The van der Waals surface area contributed by atoms with E-state index < -0.39 is 0 Å². The van der Waals surface area contributed by atoms with Crippen LogP contribution in [0.1, 0.15) is 67.3 Å². The summed E-state index contributed by atoms with van der Waals surface area (Å²) in [5, 5.41) is 6.11. The van der Waals surface area contributed by atoms with E-state index in [4.69, 9.17) is 0 Å². The average Bonchev–Trinajstić information content (AvgIpc) is 2.70. The predicted molar refractivity (Wildman–Crippen MR) is 109 cm³/mol. The Hall–Kier alpha value is -2.62. The van der Waals surface area contributed by atoms with E-state index in [0.29, 0.717) is 17.7 Å². The van der Waals surface area contributed by atoms with Gasteiger partial charge in [-0.15, -0.1) is 0 Å². The molecule has 2 aromatic carbocycles. The first kappa shape index (κ1) is 19.2. The quantitative estimate of drug-likeness (QED) is 0.767. The highest BCUT2D eigenvalue weighted by Crippen LogP contribution is 2.24. The lowest BCUT2D eigenvalue weighted by molar-refractivity contribution is -0.117. The number of amides is 2. The molecule has 2 N–H and O–H groups in total. The Morgan fingerprint density at radius 3 is 2.33 bits per heavy atom. The number of nitrogens with one attached hydrogen (secondary N) is 2. The normalized spacial score (nSPS) is 15.7. The maximum atomic E-state index is 12.9. The van der Waals surface area contributed by atoms with Crippen molar-refractivity contribution < 1.29 is 9.59 Å². The molecule has 0 unspecified atom stereocenters. The Kier molecular flexibility index (Phi) is 6.64. The molecule has 0 aliphatic heterocycles. The van der Waals surface area contributed by atoms with Crippen LogP contribution in [0.3, 0.4) is 0 Å². The lowest BCUT2D eigenvalue weighted by Crippen LogP contribution is -2.36.